The van der Waals surface area contributed by atoms with Crippen LogP contribution in [0.1, 0.15) is 6.42 Å². The molecule has 180 valence electrons. The summed E-state index contributed by atoms with van der Waals surface area (Å²) in [6.45, 7) is -0.464. The molecule has 0 aliphatic carbocycles. The van der Waals surface area contributed by atoms with Gasteiger partial charge in [-0.15, -0.1) is 0 Å². The van der Waals surface area contributed by atoms with Gasteiger partial charge in [0.2, 0.25) is 10.0 Å². The molecule has 34 heavy (non-hydrogen) atoms. The van der Waals surface area contributed by atoms with Crippen molar-refractivity contribution in [3.05, 3.63) is 59.8 Å². The fourth-order valence-corrected chi connectivity index (χ4v) is 6.06. The standard InChI is InChI=1S/C21H17F5N4O3S/c22-13-2-1-12(7-14(13)23)34(31,32)30-5-6-33-21(30)3-4-29(11-19(21)26)20-10-27-17-8-15(24)16(25)9-18(17)28-20/h1-2,7-10,19H,3-6,11H2/t19-,21-/m0/s1. The van der Waals surface area contributed by atoms with Gasteiger partial charge in [-0.05, 0) is 18.2 Å². The van der Waals surface area contributed by atoms with Crippen LogP contribution < -0.4 is 4.90 Å². The van der Waals surface area contributed by atoms with E-state index in [1.165, 1.54) is 11.1 Å². The summed E-state index contributed by atoms with van der Waals surface area (Å²) in [5.74, 6) is -4.52. The summed E-state index contributed by atoms with van der Waals surface area (Å²) in [7, 11) is -4.40. The second-order valence-electron chi connectivity index (χ2n) is 7.99. The summed E-state index contributed by atoms with van der Waals surface area (Å²) in [6, 6.07) is 3.93. The van der Waals surface area contributed by atoms with Gasteiger partial charge in [0.05, 0.1) is 35.3 Å². The zero-order valence-electron chi connectivity index (χ0n) is 17.4. The topological polar surface area (TPSA) is 75.6 Å². The van der Waals surface area contributed by atoms with Crippen LogP contribution in [-0.4, -0.2) is 60.8 Å². The Kier molecular flexibility index (Phi) is 5.45. The number of benzene rings is 2. The van der Waals surface area contributed by atoms with Gasteiger partial charge in [0.1, 0.15) is 5.82 Å². The lowest BCUT2D eigenvalue weighted by Crippen LogP contribution is -2.62. The highest BCUT2D eigenvalue weighted by molar-refractivity contribution is 7.89. The van der Waals surface area contributed by atoms with Gasteiger partial charge in [-0.25, -0.2) is 35.4 Å². The minimum absolute atomic E-state index is 0.0757. The molecule has 2 aromatic carbocycles. The number of nitrogens with zero attached hydrogens (tertiary/aromatic N) is 4. The normalized spacial score (nSPS) is 23.8. The number of anilines is 1. The maximum atomic E-state index is 15.6. The summed E-state index contributed by atoms with van der Waals surface area (Å²) in [5, 5.41) is 0. The summed E-state index contributed by atoms with van der Waals surface area (Å²) >= 11 is 0. The van der Waals surface area contributed by atoms with Gasteiger partial charge in [0, 0.05) is 31.6 Å². The lowest BCUT2D eigenvalue weighted by atomic mass is 9.98. The molecule has 1 spiro atoms. The number of aromatic nitrogens is 2. The fourth-order valence-electron chi connectivity index (χ4n) is 4.34. The number of fused-ring (bicyclic) bond motifs is 1. The molecule has 5 rings (SSSR count). The zero-order chi connectivity index (χ0) is 24.3. The first-order valence-corrected chi connectivity index (χ1v) is 11.7. The monoisotopic (exact) mass is 500 g/mol. The Morgan fingerprint density at radius 2 is 1.68 bits per heavy atom. The average Bonchev–Trinajstić information content (AvgIpc) is 3.23. The van der Waals surface area contributed by atoms with Crippen molar-refractivity contribution in [3.63, 3.8) is 0 Å². The smallest absolute Gasteiger partial charge is 0.245 e. The van der Waals surface area contributed by atoms with Crippen LogP contribution in [-0.2, 0) is 14.8 Å². The molecule has 2 aliphatic rings. The largest absolute Gasteiger partial charge is 0.355 e. The van der Waals surface area contributed by atoms with Gasteiger partial charge in [0.25, 0.3) is 0 Å². The first-order valence-electron chi connectivity index (χ1n) is 10.2. The first-order chi connectivity index (χ1) is 16.1. The molecule has 13 heteroatoms. The third-order valence-corrected chi connectivity index (χ3v) is 7.97. The Morgan fingerprint density at radius 1 is 0.971 bits per heavy atom. The molecule has 2 saturated heterocycles. The van der Waals surface area contributed by atoms with Crippen molar-refractivity contribution in [2.45, 2.75) is 23.2 Å². The van der Waals surface area contributed by atoms with Gasteiger partial charge < -0.3 is 9.64 Å². The maximum Gasteiger partial charge on any atom is 0.245 e. The van der Waals surface area contributed by atoms with Crippen LogP contribution in [0.4, 0.5) is 27.8 Å². The van der Waals surface area contributed by atoms with Crippen LogP contribution in [0.25, 0.3) is 11.0 Å². The van der Waals surface area contributed by atoms with Gasteiger partial charge in [-0.3, -0.25) is 4.98 Å². The minimum atomic E-state index is -4.40. The highest BCUT2D eigenvalue weighted by atomic mass is 32.2. The maximum absolute atomic E-state index is 15.6. The Morgan fingerprint density at radius 3 is 2.38 bits per heavy atom. The quantitative estimate of drug-likeness (QED) is 0.515. The number of alkyl halides is 1. The number of hydrogen-bond donors (Lipinski definition) is 0. The first kappa shape index (κ1) is 22.9. The molecule has 3 heterocycles. The number of piperidine rings is 1. The molecule has 0 unspecified atom stereocenters. The van der Waals surface area contributed by atoms with Gasteiger partial charge in [0.15, 0.2) is 35.2 Å². The molecule has 0 radical (unpaired) electrons. The van der Waals surface area contributed by atoms with E-state index in [-0.39, 0.29) is 49.5 Å². The van der Waals surface area contributed by atoms with E-state index in [2.05, 4.69) is 9.97 Å². The number of rotatable bonds is 3. The Labute approximate surface area is 190 Å². The highest BCUT2D eigenvalue weighted by Gasteiger charge is 2.57. The average molecular weight is 500 g/mol. The molecule has 0 amide bonds. The van der Waals surface area contributed by atoms with Crippen LogP contribution in [0, 0.1) is 23.3 Å². The van der Waals surface area contributed by atoms with Gasteiger partial charge >= 0.3 is 0 Å². The molecular formula is C21H17F5N4O3S. The summed E-state index contributed by atoms with van der Waals surface area (Å²) < 4.78 is 102. The number of sulfonamides is 1. The second-order valence-corrected chi connectivity index (χ2v) is 9.86. The molecule has 0 N–H and O–H groups in total. The summed E-state index contributed by atoms with van der Waals surface area (Å²) in [5.41, 5.74) is -1.64. The van der Waals surface area contributed by atoms with Crippen molar-refractivity contribution >= 4 is 26.9 Å². The highest BCUT2D eigenvalue weighted by Crippen LogP contribution is 2.40. The zero-order valence-corrected chi connectivity index (χ0v) is 18.2. The van der Waals surface area contributed by atoms with Crippen LogP contribution in [0.3, 0.4) is 0 Å². The molecule has 2 aliphatic heterocycles. The number of ether oxygens (including phenoxy) is 1. The predicted molar refractivity (Wildman–Crippen MR) is 110 cm³/mol. The predicted octanol–water partition coefficient (Wildman–Crippen LogP) is 3.15. The molecule has 0 saturated carbocycles. The van der Waals surface area contributed by atoms with Crippen molar-refractivity contribution in [2.24, 2.45) is 0 Å². The molecular weight excluding hydrogens is 483 g/mol. The van der Waals surface area contributed by atoms with E-state index in [9.17, 15) is 26.0 Å². The van der Waals surface area contributed by atoms with E-state index < -0.39 is 50.1 Å². The molecule has 2 fully saturated rings. The van der Waals surface area contributed by atoms with Gasteiger partial charge in [-0.2, -0.15) is 4.31 Å². The molecule has 7 nitrogen and oxygen atoms in total. The Hall–Kier alpha value is -2.90. The van der Waals surface area contributed by atoms with E-state index in [1.54, 1.807) is 0 Å². The van der Waals surface area contributed by atoms with Crippen molar-refractivity contribution < 1.29 is 35.1 Å². The van der Waals surface area contributed by atoms with Gasteiger partial charge in [-0.1, -0.05) is 0 Å². The molecule has 0 bridgehead atoms. The lowest BCUT2D eigenvalue weighted by Gasteiger charge is -2.45. The molecule has 1 aromatic heterocycles. The van der Waals surface area contributed by atoms with Crippen molar-refractivity contribution in [3.8, 4) is 0 Å². The second kappa shape index (κ2) is 8.10. The molecule has 3 aromatic rings. The SMILES string of the molecule is O=S(=O)(c1ccc(F)c(F)c1)N1CCO[C@]12CCN(c1cnc3cc(F)c(F)cc3n1)C[C@@H]2F. The van der Waals surface area contributed by atoms with Crippen LogP contribution in [0.5, 0.6) is 0 Å². The van der Waals surface area contributed by atoms with Crippen molar-refractivity contribution in [1.82, 2.24) is 14.3 Å². The molecule has 2 atom stereocenters. The van der Waals surface area contributed by atoms with Crippen LogP contribution in [0.2, 0.25) is 0 Å². The van der Waals surface area contributed by atoms with E-state index >= 15 is 4.39 Å². The van der Waals surface area contributed by atoms with E-state index in [0.29, 0.717) is 12.1 Å². The van der Waals surface area contributed by atoms with E-state index in [4.69, 9.17) is 4.74 Å². The number of hydrogen-bond acceptors (Lipinski definition) is 6. The van der Waals surface area contributed by atoms with Crippen LogP contribution in [0.15, 0.2) is 41.4 Å². The number of halogens is 5. The summed E-state index contributed by atoms with van der Waals surface area (Å²) in [6.07, 6.45) is -0.657. The van der Waals surface area contributed by atoms with Crippen LogP contribution >= 0.6 is 0 Å². The Bertz CT molecular complexity index is 1390. The lowest BCUT2D eigenvalue weighted by molar-refractivity contribution is -0.116. The van der Waals surface area contributed by atoms with E-state index in [0.717, 1.165) is 22.5 Å². The summed E-state index contributed by atoms with van der Waals surface area (Å²) in [4.78, 5) is 9.25. The van der Waals surface area contributed by atoms with Crippen molar-refractivity contribution in [1.29, 1.82) is 0 Å². The van der Waals surface area contributed by atoms with E-state index in [1.807, 2.05) is 0 Å². The van der Waals surface area contributed by atoms with Crippen molar-refractivity contribution in [2.75, 3.05) is 31.1 Å². The fraction of sp³-hybridized carbons (Fsp3) is 0.333. The Balaban J connectivity index is 1.42. The third kappa shape index (κ3) is 3.58. The minimum Gasteiger partial charge on any atom is -0.355 e. The third-order valence-electron chi connectivity index (χ3n) is 6.05.